The fourth-order valence-corrected chi connectivity index (χ4v) is 1.50. The zero-order valence-electron chi connectivity index (χ0n) is 18.2. The molecule has 0 saturated carbocycles. The van der Waals surface area contributed by atoms with Crippen LogP contribution in [0.2, 0.25) is 0 Å². The van der Waals surface area contributed by atoms with E-state index in [1.807, 2.05) is 27.7 Å². The van der Waals surface area contributed by atoms with Crippen molar-refractivity contribution in [3.05, 3.63) is 0 Å². The van der Waals surface area contributed by atoms with Crippen molar-refractivity contribution < 1.29 is 68.1 Å². The maximum atomic E-state index is 10.7. The zero-order chi connectivity index (χ0) is 21.8. The minimum absolute atomic E-state index is 0. The third-order valence-electron chi connectivity index (χ3n) is 2.17. The molecule has 13 heteroatoms. The van der Waals surface area contributed by atoms with Crippen LogP contribution < -0.4 is 19.8 Å². The van der Waals surface area contributed by atoms with Crippen molar-refractivity contribution in [3.8, 4) is 0 Å². The van der Waals surface area contributed by atoms with Gasteiger partial charge in [0.1, 0.15) is 0 Å². The van der Waals surface area contributed by atoms with Crippen molar-refractivity contribution in [2.45, 2.75) is 27.7 Å². The molecule has 0 heterocycles. The molecular formula is C14H36O10Si2Ti. The van der Waals surface area contributed by atoms with Crippen LogP contribution in [0.15, 0.2) is 0 Å². The Morgan fingerprint density at radius 3 is 0.667 bits per heavy atom. The Morgan fingerprint density at radius 2 is 0.667 bits per heavy atom. The summed E-state index contributed by atoms with van der Waals surface area (Å²) in [5.74, 6) is 0.657. The molecule has 0 unspecified atom stereocenters. The molecule has 27 heavy (non-hydrogen) atoms. The maximum absolute atomic E-state index is 10.7. The Bertz CT molecular complexity index is 226. The summed E-state index contributed by atoms with van der Waals surface area (Å²) < 4.78 is 26.2. The molecule has 0 aliphatic heterocycles. The van der Waals surface area contributed by atoms with E-state index in [1.165, 1.54) is 42.7 Å². The molecule has 0 amide bonds. The van der Waals surface area contributed by atoms with Crippen LogP contribution >= 0.6 is 0 Å². The molecule has 0 fully saturated rings. The molecule has 164 valence electrons. The topological polar surface area (TPSA) is 148 Å². The third kappa shape index (κ3) is 31.7. The Morgan fingerprint density at radius 1 is 0.556 bits per heavy atom. The van der Waals surface area contributed by atoms with Gasteiger partial charge in [0.15, 0.2) is 0 Å². The van der Waals surface area contributed by atoms with Gasteiger partial charge in [-0.15, -0.1) is 13.2 Å². The predicted molar refractivity (Wildman–Crippen MR) is 93.0 cm³/mol. The van der Waals surface area contributed by atoms with Crippen molar-refractivity contribution in [1.29, 1.82) is 0 Å². The standard InChI is InChI=1S/2C4H9O.2C3H9O4Si.Ti/c2*1-4(2)3-5;2*1-5-8(4,6-2)7-3;/h2*4H,3H2,1-2H3;2*1-3H3;/q4*-1;+4. The van der Waals surface area contributed by atoms with Crippen LogP contribution in [0.5, 0.6) is 0 Å². The van der Waals surface area contributed by atoms with Crippen LogP contribution in [0.25, 0.3) is 0 Å². The average Bonchev–Trinajstić information content (AvgIpc) is 2.67. The first-order valence-corrected chi connectivity index (χ1v) is 11.1. The van der Waals surface area contributed by atoms with E-state index in [-0.39, 0.29) is 34.9 Å². The fraction of sp³-hybridized carbons (Fsp3) is 1.00. The molecule has 0 aromatic carbocycles. The third-order valence-corrected chi connectivity index (χ3v) is 5.17. The molecule has 0 N–H and O–H groups in total. The van der Waals surface area contributed by atoms with Gasteiger partial charge in [0, 0.05) is 42.7 Å². The minimum atomic E-state index is -3.42. The van der Waals surface area contributed by atoms with Crippen LogP contribution in [0.3, 0.4) is 0 Å². The molecule has 10 nitrogen and oxygen atoms in total. The van der Waals surface area contributed by atoms with E-state index in [0.29, 0.717) is 11.8 Å². The van der Waals surface area contributed by atoms with Crippen molar-refractivity contribution in [1.82, 2.24) is 0 Å². The molecule has 0 atom stereocenters. The molecule has 0 aliphatic rings. The minimum Gasteiger partial charge on any atom is -0.854 e. The quantitative estimate of drug-likeness (QED) is 0.349. The van der Waals surface area contributed by atoms with Gasteiger partial charge in [-0.1, -0.05) is 39.5 Å². The van der Waals surface area contributed by atoms with E-state index in [2.05, 4.69) is 26.6 Å². The summed E-state index contributed by atoms with van der Waals surface area (Å²) in [4.78, 5) is 21.4. The van der Waals surface area contributed by atoms with Gasteiger partial charge in [-0.3, -0.25) is 0 Å². The van der Waals surface area contributed by atoms with Crippen molar-refractivity contribution in [3.63, 3.8) is 0 Å². The molecule has 0 spiro atoms. The molecule has 0 aliphatic carbocycles. The normalized spacial score (nSPS) is 10.7. The van der Waals surface area contributed by atoms with Gasteiger partial charge >= 0.3 is 39.8 Å². The van der Waals surface area contributed by atoms with E-state index >= 15 is 0 Å². The van der Waals surface area contributed by atoms with Gasteiger partial charge in [0.2, 0.25) is 0 Å². The van der Waals surface area contributed by atoms with Crippen LogP contribution in [0.1, 0.15) is 27.7 Å². The summed E-state index contributed by atoms with van der Waals surface area (Å²) in [5, 5.41) is 19.3. The van der Waals surface area contributed by atoms with Gasteiger partial charge in [0.05, 0.1) is 0 Å². The van der Waals surface area contributed by atoms with Crippen molar-refractivity contribution >= 4 is 18.1 Å². The largest absolute Gasteiger partial charge is 4.00 e. The second kappa shape index (κ2) is 24.8. The molecule has 0 aromatic rings. The Kier molecular flexibility index (Phi) is 35.2. The second-order valence-electron chi connectivity index (χ2n) is 5.35. The molecule has 0 saturated heterocycles. The van der Waals surface area contributed by atoms with E-state index in [4.69, 9.17) is 0 Å². The summed E-state index contributed by atoms with van der Waals surface area (Å²) >= 11 is 0. The van der Waals surface area contributed by atoms with Gasteiger partial charge in [0.25, 0.3) is 0 Å². The Labute approximate surface area is 181 Å². The van der Waals surface area contributed by atoms with Crippen molar-refractivity contribution in [2.75, 3.05) is 55.9 Å². The summed E-state index contributed by atoms with van der Waals surface area (Å²) in [6, 6.07) is 0. The van der Waals surface area contributed by atoms with Crippen LogP contribution in [-0.2, 0) is 48.3 Å². The van der Waals surface area contributed by atoms with Gasteiger partial charge in [-0.25, -0.2) is 0 Å². The molecule has 0 bridgehead atoms. The van der Waals surface area contributed by atoms with Crippen LogP contribution in [0, 0.1) is 11.8 Å². The smallest absolute Gasteiger partial charge is 0.854 e. The summed E-state index contributed by atoms with van der Waals surface area (Å²) in [7, 11) is 0.778. The molecule has 0 aromatic heterocycles. The first-order chi connectivity index (χ1) is 11.9. The first kappa shape index (κ1) is 38.4. The first-order valence-electron chi connectivity index (χ1n) is 7.79. The Balaban J connectivity index is -0.0000000807. The van der Waals surface area contributed by atoms with E-state index in [9.17, 15) is 19.8 Å². The number of hydrogen-bond donors (Lipinski definition) is 0. The van der Waals surface area contributed by atoms with Crippen LogP contribution in [0.4, 0.5) is 0 Å². The van der Waals surface area contributed by atoms with Gasteiger partial charge < -0.3 is 46.4 Å². The van der Waals surface area contributed by atoms with Gasteiger partial charge in [-0.05, 0) is 0 Å². The molecule has 0 radical (unpaired) electrons. The van der Waals surface area contributed by atoms with Crippen molar-refractivity contribution in [2.24, 2.45) is 11.8 Å². The Hall–Kier alpha value is 0.748. The van der Waals surface area contributed by atoms with E-state index in [0.717, 1.165) is 0 Å². The molecule has 0 rings (SSSR count). The predicted octanol–water partition coefficient (Wildman–Crippen LogP) is -2.55. The second-order valence-corrected chi connectivity index (χ2v) is 9.80. The number of rotatable bonds is 8. The average molecular weight is 468 g/mol. The fourth-order valence-electron chi connectivity index (χ4n) is 0.500. The van der Waals surface area contributed by atoms with E-state index in [1.54, 1.807) is 0 Å². The summed E-state index contributed by atoms with van der Waals surface area (Å²) in [6.07, 6.45) is 0. The summed E-state index contributed by atoms with van der Waals surface area (Å²) in [5.41, 5.74) is 0. The van der Waals surface area contributed by atoms with Crippen LogP contribution in [-0.4, -0.2) is 74.0 Å². The molecular weight excluding hydrogens is 432 g/mol. The van der Waals surface area contributed by atoms with E-state index < -0.39 is 18.1 Å². The van der Waals surface area contributed by atoms with Gasteiger partial charge in [-0.2, -0.15) is 0 Å². The maximum Gasteiger partial charge on any atom is 4.00 e. The summed E-state index contributed by atoms with van der Waals surface area (Å²) in [6.45, 7) is 7.75. The number of hydrogen-bond acceptors (Lipinski definition) is 10. The zero-order valence-corrected chi connectivity index (χ0v) is 21.7. The SMILES string of the molecule is CC(C)C[O-].CC(C)C[O-].CO[Si]([O-])(OC)OC.CO[Si]([O-])(OC)OC.[Ti+4]. The monoisotopic (exact) mass is 468 g/mol.